The van der Waals surface area contributed by atoms with Crippen LogP contribution >= 0.6 is 0 Å². The van der Waals surface area contributed by atoms with Gasteiger partial charge in [-0.25, -0.2) is 16.8 Å². The van der Waals surface area contributed by atoms with Crippen molar-refractivity contribution in [2.75, 3.05) is 11.8 Å². The largest absolute Gasteiger partial charge is 2.00 e. The maximum Gasteiger partial charge on any atom is 2.00 e. The minimum atomic E-state index is -4.38. The van der Waals surface area contributed by atoms with Gasteiger partial charge >= 0.3 is 23.1 Å². The summed E-state index contributed by atoms with van der Waals surface area (Å²) in [4.78, 5) is 21.2. The van der Waals surface area contributed by atoms with E-state index in [0.717, 1.165) is 0 Å². The molecular formula is C10H16MgN2O8S2. The molecule has 0 aromatic carbocycles. The third-order valence-electron chi connectivity index (χ3n) is 1.59. The molecule has 2 amide bonds. The van der Waals surface area contributed by atoms with Gasteiger partial charge in [0.15, 0.2) is 0 Å². The molecule has 0 aromatic rings. The standard InChI is InChI=1S/2C5H9NO4S.Mg/c2*1-4(2)5(7)6-3-11(8,9)10;/h2*1,3H2,2H3,(H,6,7)(H,8,9,10);/q;;+2/p-2. The van der Waals surface area contributed by atoms with Gasteiger partial charge in [0, 0.05) is 11.1 Å². The smallest absolute Gasteiger partial charge is 0.747 e. The van der Waals surface area contributed by atoms with Gasteiger partial charge in [0.25, 0.3) is 0 Å². The van der Waals surface area contributed by atoms with Crippen LogP contribution in [0.1, 0.15) is 13.8 Å². The molecule has 10 nitrogen and oxygen atoms in total. The molecule has 0 aliphatic rings. The van der Waals surface area contributed by atoms with Gasteiger partial charge in [-0.15, -0.1) is 0 Å². The first kappa shape index (κ1) is 26.9. The van der Waals surface area contributed by atoms with Gasteiger partial charge in [0.1, 0.15) is 32.0 Å². The van der Waals surface area contributed by atoms with Crippen LogP contribution in [-0.4, -0.2) is 72.6 Å². The zero-order chi connectivity index (χ0) is 18.1. The number of carbonyl (C=O) groups excluding carboxylic acids is 2. The van der Waals surface area contributed by atoms with Crippen LogP contribution in [0.3, 0.4) is 0 Å². The van der Waals surface area contributed by atoms with Gasteiger partial charge in [0.05, 0.1) is 0 Å². The summed E-state index contributed by atoms with van der Waals surface area (Å²) >= 11 is 0. The normalized spacial score (nSPS) is 10.3. The van der Waals surface area contributed by atoms with E-state index in [2.05, 4.69) is 13.2 Å². The summed E-state index contributed by atoms with van der Waals surface area (Å²) in [6.45, 7) is 9.31. The Morgan fingerprint density at radius 2 is 1.04 bits per heavy atom. The van der Waals surface area contributed by atoms with Crippen LogP contribution in [-0.2, 0) is 29.8 Å². The van der Waals surface area contributed by atoms with E-state index >= 15 is 0 Å². The SMILES string of the molecule is C=C(C)C(=O)NCS(=O)(=O)[O-].C=C(C)C(=O)NCS(=O)(=O)[O-].[Mg+2]. The predicted octanol–water partition coefficient (Wildman–Crippen LogP) is -2.02. The number of amides is 2. The Bertz CT molecular complexity index is 596. The average Bonchev–Trinajstić information content (AvgIpc) is 2.31. The monoisotopic (exact) mass is 380 g/mol. The van der Waals surface area contributed by atoms with Crippen molar-refractivity contribution >= 4 is 55.1 Å². The van der Waals surface area contributed by atoms with E-state index in [-0.39, 0.29) is 34.2 Å². The first-order valence-corrected chi connectivity index (χ1v) is 8.55. The van der Waals surface area contributed by atoms with Gasteiger partial charge in [0.2, 0.25) is 11.8 Å². The van der Waals surface area contributed by atoms with E-state index in [0.29, 0.717) is 0 Å². The zero-order valence-corrected chi connectivity index (χ0v) is 15.7. The average molecular weight is 381 g/mol. The Morgan fingerprint density at radius 3 is 1.17 bits per heavy atom. The molecule has 0 unspecified atom stereocenters. The molecule has 0 heterocycles. The van der Waals surface area contributed by atoms with Crippen molar-refractivity contribution in [3.63, 3.8) is 0 Å². The van der Waals surface area contributed by atoms with E-state index in [1.165, 1.54) is 13.8 Å². The molecule has 0 aromatic heterocycles. The summed E-state index contributed by atoms with van der Waals surface area (Å²) < 4.78 is 59.8. The molecule has 2 N–H and O–H groups in total. The minimum Gasteiger partial charge on any atom is -0.747 e. The first-order chi connectivity index (χ1) is 9.65. The molecule has 0 bridgehead atoms. The van der Waals surface area contributed by atoms with Gasteiger partial charge in [-0.2, -0.15) is 0 Å². The van der Waals surface area contributed by atoms with Crippen molar-refractivity contribution in [2.24, 2.45) is 0 Å². The number of hydrogen-bond acceptors (Lipinski definition) is 8. The van der Waals surface area contributed by atoms with E-state index in [1.807, 2.05) is 10.6 Å². The molecule has 0 saturated heterocycles. The second-order valence-corrected chi connectivity index (χ2v) is 6.78. The summed E-state index contributed by atoms with van der Waals surface area (Å²) in [5.74, 6) is -3.05. The van der Waals surface area contributed by atoms with Crippen molar-refractivity contribution in [3.8, 4) is 0 Å². The Balaban J connectivity index is -0.000000333. The van der Waals surface area contributed by atoms with Crippen LogP contribution in [0.4, 0.5) is 0 Å². The second kappa shape index (κ2) is 11.5. The molecule has 23 heavy (non-hydrogen) atoms. The predicted molar refractivity (Wildman–Crippen MR) is 80.8 cm³/mol. The summed E-state index contributed by atoms with van der Waals surface area (Å²) in [6, 6.07) is 0. The fourth-order valence-corrected chi connectivity index (χ4v) is 1.23. The zero-order valence-electron chi connectivity index (χ0n) is 12.6. The summed E-state index contributed by atoms with van der Waals surface area (Å²) in [6.07, 6.45) is 0. The fourth-order valence-electron chi connectivity index (χ4n) is 0.610. The van der Waals surface area contributed by atoms with E-state index in [4.69, 9.17) is 0 Å². The molecule has 0 aliphatic heterocycles. The molecule has 0 spiro atoms. The Morgan fingerprint density at radius 1 is 0.826 bits per heavy atom. The van der Waals surface area contributed by atoms with Crippen molar-refractivity contribution in [3.05, 3.63) is 24.3 Å². The minimum absolute atomic E-state index is 0. The van der Waals surface area contributed by atoms with Crippen molar-refractivity contribution in [1.82, 2.24) is 10.6 Å². The van der Waals surface area contributed by atoms with Crippen LogP contribution in [0.2, 0.25) is 0 Å². The second-order valence-electron chi connectivity index (χ2n) is 3.98. The van der Waals surface area contributed by atoms with E-state index in [1.54, 1.807) is 0 Å². The maximum absolute atomic E-state index is 10.6. The Labute approximate surface area is 151 Å². The third-order valence-corrected chi connectivity index (χ3v) is 2.59. The van der Waals surface area contributed by atoms with E-state index in [9.17, 15) is 35.5 Å². The van der Waals surface area contributed by atoms with Gasteiger partial charge in [-0.1, -0.05) is 13.2 Å². The Hall–Kier alpha value is -0.994. The van der Waals surface area contributed by atoms with Crippen LogP contribution in [0.15, 0.2) is 24.3 Å². The first-order valence-electron chi connectivity index (χ1n) is 5.40. The molecule has 0 fully saturated rings. The third kappa shape index (κ3) is 21.0. The molecule has 0 rings (SSSR count). The van der Waals surface area contributed by atoms with Crippen molar-refractivity contribution in [1.29, 1.82) is 0 Å². The van der Waals surface area contributed by atoms with Crippen molar-refractivity contribution < 1.29 is 35.5 Å². The summed E-state index contributed by atoms with van der Waals surface area (Å²) in [5, 5.41) is 3.77. The number of hydrogen-bond donors (Lipinski definition) is 2. The van der Waals surface area contributed by atoms with Gasteiger partial charge < -0.3 is 19.7 Å². The fraction of sp³-hybridized carbons (Fsp3) is 0.400. The number of rotatable bonds is 6. The van der Waals surface area contributed by atoms with Crippen molar-refractivity contribution in [2.45, 2.75) is 13.8 Å². The summed E-state index contributed by atoms with van der Waals surface area (Å²) in [7, 11) is -8.75. The Kier molecular flexibility index (Phi) is 13.5. The molecule has 128 valence electrons. The van der Waals surface area contributed by atoms with Gasteiger partial charge in [-0.3, -0.25) is 9.59 Å². The van der Waals surface area contributed by atoms with Crippen LogP contribution in [0.5, 0.6) is 0 Å². The number of carbonyl (C=O) groups is 2. The molecule has 0 aliphatic carbocycles. The molecule has 0 atom stereocenters. The topological polar surface area (TPSA) is 173 Å². The maximum atomic E-state index is 10.6. The van der Waals surface area contributed by atoms with Crippen LogP contribution < -0.4 is 10.6 Å². The van der Waals surface area contributed by atoms with E-state index < -0.39 is 43.8 Å². The molecular weight excluding hydrogens is 365 g/mol. The molecule has 13 heteroatoms. The molecule has 0 saturated carbocycles. The number of nitrogens with one attached hydrogen (secondary N) is 2. The summed E-state index contributed by atoms with van der Waals surface area (Å²) in [5.41, 5.74) is 0.322. The molecule has 0 radical (unpaired) electrons. The van der Waals surface area contributed by atoms with Crippen LogP contribution in [0, 0.1) is 0 Å². The quantitative estimate of drug-likeness (QED) is 0.302. The van der Waals surface area contributed by atoms with Crippen LogP contribution in [0.25, 0.3) is 0 Å². The van der Waals surface area contributed by atoms with Gasteiger partial charge in [-0.05, 0) is 13.8 Å².